The van der Waals surface area contributed by atoms with E-state index in [0.29, 0.717) is 18.6 Å². The SMILES string of the molecule is COCC(NC(C)c1nc2ccccc2[nH]1)C(C)C. The summed E-state index contributed by atoms with van der Waals surface area (Å²) >= 11 is 0. The number of nitrogens with zero attached hydrogens (tertiary/aromatic N) is 1. The molecule has 0 spiro atoms. The second-order valence-electron chi connectivity index (χ2n) is 5.33. The molecule has 0 aliphatic heterocycles. The Morgan fingerprint density at radius 2 is 2.00 bits per heavy atom. The molecule has 1 aromatic heterocycles. The molecular weight excluding hydrogens is 238 g/mol. The van der Waals surface area contributed by atoms with Crippen molar-refractivity contribution in [3.05, 3.63) is 30.1 Å². The molecule has 104 valence electrons. The van der Waals surface area contributed by atoms with Gasteiger partial charge in [0.2, 0.25) is 0 Å². The topological polar surface area (TPSA) is 49.9 Å². The number of benzene rings is 1. The summed E-state index contributed by atoms with van der Waals surface area (Å²) in [6, 6.07) is 8.60. The third kappa shape index (κ3) is 3.33. The highest BCUT2D eigenvalue weighted by atomic mass is 16.5. The highest BCUT2D eigenvalue weighted by Gasteiger charge is 2.18. The first-order valence-electron chi connectivity index (χ1n) is 6.81. The van der Waals surface area contributed by atoms with Crippen molar-refractivity contribution in [1.82, 2.24) is 15.3 Å². The number of para-hydroxylation sites is 2. The number of hydrogen-bond donors (Lipinski definition) is 2. The average molecular weight is 261 g/mol. The van der Waals surface area contributed by atoms with Crippen molar-refractivity contribution in [3.8, 4) is 0 Å². The fourth-order valence-electron chi connectivity index (χ4n) is 2.19. The second kappa shape index (κ2) is 6.17. The Balaban J connectivity index is 2.11. The van der Waals surface area contributed by atoms with Gasteiger partial charge in [0.15, 0.2) is 0 Å². The number of fused-ring (bicyclic) bond motifs is 1. The molecule has 0 amide bonds. The summed E-state index contributed by atoms with van der Waals surface area (Å²) in [7, 11) is 1.74. The molecular formula is C15H23N3O. The summed E-state index contributed by atoms with van der Waals surface area (Å²) in [6.45, 7) is 7.23. The van der Waals surface area contributed by atoms with Crippen LogP contribution in [-0.2, 0) is 4.74 Å². The van der Waals surface area contributed by atoms with E-state index in [1.54, 1.807) is 7.11 Å². The Morgan fingerprint density at radius 1 is 1.26 bits per heavy atom. The maximum absolute atomic E-state index is 5.27. The van der Waals surface area contributed by atoms with Crippen LogP contribution in [0, 0.1) is 5.92 Å². The summed E-state index contributed by atoms with van der Waals surface area (Å²) in [4.78, 5) is 7.99. The van der Waals surface area contributed by atoms with Crippen LogP contribution in [0.5, 0.6) is 0 Å². The Morgan fingerprint density at radius 3 is 2.63 bits per heavy atom. The zero-order valence-electron chi connectivity index (χ0n) is 12.1. The lowest BCUT2D eigenvalue weighted by molar-refractivity contribution is 0.141. The first-order valence-corrected chi connectivity index (χ1v) is 6.81. The number of aromatic amines is 1. The average Bonchev–Trinajstić information content (AvgIpc) is 2.81. The Hall–Kier alpha value is -1.39. The van der Waals surface area contributed by atoms with Crippen molar-refractivity contribution >= 4 is 11.0 Å². The zero-order valence-corrected chi connectivity index (χ0v) is 12.1. The van der Waals surface area contributed by atoms with E-state index in [2.05, 4.69) is 36.1 Å². The van der Waals surface area contributed by atoms with Gasteiger partial charge < -0.3 is 15.0 Å². The maximum atomic E-state index is 5.27. The van der Waals surface area contributed by atoms with E-state index in [0.717, 1.165) is 16.9 Å². The van der Waals surface area contributed by atoms with Crippen molar-refractivity contribution in [2.75, 3.05) is 13.7 Å². The molecule has 0 bridgehead atoms. The largest absolute Gasteiger partial charge is 0.383 e. The van der Waals surface area contributed by atoms with Crippen LogP contribution in [0.25, 0.3) is 11.0 Å². The standard InChI is InChI=1S/C15H23N3O/c1-10(2)14(9-19-4)16-11(3)15-17-12-7-5-6-8-13(12)18-15/h5-8,10-11,14,16H,9H2,1-4H3,(H,17,18). The van der Waals surface area contributed by atoms with Crippen LogP contribution in [0.4, 0.5) is 0 Å². The lowest BCUT2D eigenvalue weighted by Gasteiger charge is -2.24. The molecule has 0 aliphatic carbocycles. The number of hydrogen-bond acceptors (Lipinski definition) is 3. The van der Waals surface area contributed by atoms with Crippen LogP contribution in [0.2, 0.25) is 0 Å². The number of aromatic nitrogens is 2. The third-order valence-corrected chi connectivity index (χ3v) is 3.43. The number of rotatable bonds is 6. The summed E-state index contributed by atoms with van der Waals surface area (Å²) in [5.41, 5.74) is 2.10. The summed E-state index contributed by atoms with van der Waals surface area (Å²) in [5.74, 6) is 1.50. The second-order valence-corrected chi connectivity index (χ2v) is 5.33. The molecule has 19 heavy (non-hydrogen) atoms. The van der Waals surface area contributed by atoms with Crippen molar-refractivity contribution in [2.45, 2.75) is 32.9 Å². The molecule has 0 saturated heterocycles. The molecule has 1 aromatic carbocycles. The molecule has 4 nitrogen and oxygen atoms in total. The smallest absolute Gasteiger partial charge is 0.124 e. The predicted octanol–water partition coefficient (Wildman–Crippen LogP) is 2.88. The van der Waals surface area contributed by atoms with Crippen LogP contribution in [0.3, 0.4) is 0 Å². The number of methoxy groups -OCH3 is 1. The van der Waals surface area contributed by atoms with Crippen LogP contribution >= 0.6 is 0 Å². The van der Waals surface area contributed by atoms with E-state index < -0.39 is 0 Å². The fourth-order valence-corrected chi connectivity index (χ4v) is 2.19. The normalized spacial score (nSPS) is 15.0. The molecule has 0 radical (unpaired) electrons. The lowest BCUT2D eigenvalue weighted by atomic mass is 10.0. The number of ether oxygens (including phenoxy) is 1. The minimum atomic E-state index is 0.176. The van der Waals surface area contributed by atoms with E-state index >= 15 is 0 Å². The zero-order chi connectivity index (χ0) is 13.8. The van der Waals surface area contributed by atoms with Gasteiger partial charge in [0, 0.05) is 13.2 Å². The van der Waals surface area contributed by atoms with Crippen LogP contribution in [0.1, 0.15) is 32.6 Å². The van der Waals surface area contributed by atoms with Gasteiger partial charge in [-0.15, -0.1) is 0 Å². The molecule has 2 aromatic rings. The van der Waals surface area contributed by atoms with Crippen molar-refractivity contribution < 1.29 is 4.74 Å². The Kier molecular flexibility index (Phi) is 4.56. The van der Waals surface area contributed by atoms with E-state index in [1.807, 2.05) is 24.3 Å². The van der Waals surface area contributed by atoms with E-state index in [-0.39, 0.29) is 6.04 Å². The van der Waals surface area contributed by atoms with Gasteiger partial charge in [-0.05, 0) is 25.0 Å². The van der Waals surface area contributed by atoms with Gasteiger partial charge in [-0.1, -0.05) is 26.0 Å². The van der Waals surface area contributed by atoms with Gasteiger partial charge in [-0.25, -0.2) is 4.98 Å². The highest BCUT2D eigenvalue weighted by molar-refractivity contribution is 5.74. The van der Waals surface area contributed by atoms with Gasteiger partial charge in [-0.3, -0.25) is 0 Å². The monoisotopic (exact) mass is 261 g/mol. The third-order valence-electron chi connectivity index (χ3n) is 3.43. The van der Waals surface area contributed by atoms with E-state index in [4.69, 9.17) is 4.74 Å². The van der Waals surface area contributed by atoms with Gasteiger partial charge in [0.05, 0.1) is 23.7 Å². The quantitative estimate of drug-likeness (QED) is 0.840. The summed E-state index contributed by atoms with van der Waals surface area (Å²) < 4.78 is 5.27. The first kappa shape index (κ1) is 14.0. The minimum absolute atomic E-state index is 0.176. The first-order chi connectivity index (χ1) is 9.11. The number of nitrogens with one attached hydrogen (secondary N) is 2. The minimum Gasteiger partial charge on any atom is -0.383 e. The Bertz CT molecular complexity index is 488. The molecule has 1 heterocycles. The van der Waals surface area contributed by atoms with Crippen LogP contribution in [-0.4, -0.2) is 29.7 Å². The molecule has 4 heteroatoms. The van der Waals surface area contributed by atoms with Crippen LogP contribution < -0.4 is 5.32 Å². The summed E-state index contributed by atoms with van der Waals surface area (Å²) in [6.07, 6.45) is 0. The maximum Gasteiger partial charge on any atom is 0.124 e. The van der Waals surface area contributed by atoms with Crippen molar-refractivity contribution in [1.29, 1.82) is 0 Å². The molecule has 2 unspecified atom stereocenters. The number of imidazole rings is 1. The lowest BCUT2D eigenvalue weighted by Crippen LogP contribution is -2.39. The molecule has 0 saturated carbocycles. The molecule has 0 aliphatic rings. The molecule has 2 rings (SSSR count). The van der Waals surface area contributed by atoms with Gasteiger partial charge in [0.1, 0.15) is 5.82 Å². The van der Waals surface area contributed by atoms with Crippen molar-refractivity contribution in [2.24, 2.45) is 5.92 Å². The van der Waals surface area contributed by atoms with Gasteiger partial charge >= 0.3 is 0 Å². The fraction of sp³-hybridized carbons (Fsp3) is 0.533. The highest BCUT2D eigenvalue weighted by Crippen LogP contribution is 2.17. The van der Waals surface area contributed by atoms with Crippen molar-refractivity contribution in [3.63, 3.8) is 0 Å². The molecule has 2 atom stereocenters. The number of H-pyrrole nitrogens is 1. The molecule has 0 fully saturated rings. The predicted molar refractivity (Wildman–Crippen MR) is 78.1 cm³/mol. The Labute approximate surface area is 114 Å². The van der Waals surface area contributed by atoms with Gasteiger partial charge in [0.25, 0.3) is 0 Å². The van der Waals surface area contributed by atoms with E-state index in [1.165, 1.54) is 0 Å². The van der Waals surface area contributed by atoms with Crippen LogP contribution in [0.15, 0.2) is 24.3 Å². The van der Waals surface area contributed by atoms with Gasteiger partial charge in [-0.2, -0.15) is 0 Å². The molecule has 2 N–H and O–H groups in total. The summed E-state index contributed by atoms with van der Waals surface area (Å²) in [5, 5.41) is 3.58. The van der Waals surface area contributed by atoms with E-state index in [9.17, 15) is 0 Å².